The highest BCUT2D eigenvalue weighted by atomic mass is 127. The highest BCUT2D eigenvalue weighted by molar-refractivity contribution is 14.1. The fraction of sp³-hybridized carbons (Fsp3) is 0.125. The molecule has 0 spiro atoms. The molecule has 0 aliphatic carbocycles. The molecule has 0 atom stereocenters. The van der Waals surface area contributed by atoms with Crippen LogP contribution >= 0.6 is 50.1 Å². The number of hydrogen-bond acceptors (Lipinski definition) is 1. The van der Waals surface area contributed by atoms with Crippen molar-refractivity contribution in [2.45, 2.75) is 6.92 Å². The van der Waals surface area contributed by atoms with Crippen LogP contribution in [0, 0.1) is 3.57 Å². The van der Waals surface area contributed by atoms with Crippen LogP contribution in [0.2, 0.25) is 5.02 Å². The molecule has 0 heterocycles. The lowest BCUT2D eigenvalue weighted by molar-refractivity contribution is 0.101. The zero-order valence-corrected chi connectivity index (χ0v) is 10.7. The second-order valence-corrected chi connectivity index (χ2v) is 4.73. The number of carbonyl (C=O) groups is 1. The Bertz CT molecular complexity index is 338. The fourth-order valence-corrected chi connectivity index (χ4v) is 2.08. The lowest BCUT2D eigenvalue weighted by atomic mass is 10.1. The maximum absolute atomic E-state index is 11.0. The lowest BCUT2D eigenvalue weighted by Crippen LogP contribution is -1.94. The SMILES string of the molecule is CC(=O)c1cc(Br)c(I)cc1Cl. The van der Waals surface area contributed by atoms with Crippen LogP contribution in [0.4, 0.5) is 0 Å². The van der Waals surface area contributed by atoms with Gasteiger partial charge in [0.05, 0.1) is 5.02 Å². The van der Waals surface area contributed by atoms with Crippen molar-refractivity contribution >= 4 is 55.9 Å². The number of benzene rings is 1. The molecule has 1 aromatic rings. The molecule has 1 aromatic carbocycles. The summed E-state index contributed by atoms with van der Waals surface area (Å²) in [5.41, 5.74) is 0.559. The third-order valence-electron chi connectivity index (χ3n) is 1.39. The summed E-state index contributed by atoms with van der Waals surface area (Å²) in [6.45, 7) is 1.50. The van der Waals surface area contributed by atoms with Crippen LogP contribution in [-0.2, 0) is 0 Å². The molecule has 0 fully saturated rings. The van der Waals surface area contributed by atoms with Gasteiger partial charge in [0.1, 0.15) is 0 Å². The molecule has 0 amide bonds. The molecule has 0 saturated carbocycles. The fourth-order valence-electron chi connectivity index (χ4n) is 0.792. The molecule has 64 valence electrons. The Morgan fingerprint density at radius 3 is 2.67 bits per heavy atom. The highest BCUT2D eigenvalue weighted by Crippen LogP contribution is 2.26. The molecule has 1 rings (SSSR count). The van der Waals surface area contributed by atoms with E-state index in [1.807, 2.05) is 0 Å². The van der Waals surface area contributed by atoms with Gasteiger partial charge in [-0.1, -0.05) is 11.6 Å². The van der Waals surface area contributed by atoms with E-state index in [0.717, 1.165) is 8.04 Å². The van der Waals surface area contributed by atoms with Crippen LogP contribution in [0.5, 0.6) is 0 Å². The first-order chi connectivity index (χ1) is 5.52. The average Bonchev–Trinajstić information content (AvgIpc) is 1.96. The third-order valence-corrected chi connectivity index (χ3v) is 3.99. The first kappa shape index (κ1) is 10.5. The van der Waals surface area contributed by atoms with Crippen LogP contribution in [0.15, 0.2) is 16.6 Å². The summed E-state index contributed by atoms with van der Waals surface area (Å²) in [6, 6.07) is 3.51. The van der Waals surface area contributed by atoms with E-state index in [1.165, 1.54) is 6.92 Å². The van der Waals surface area contributed by atoms with Gasteiger partial charge in [-0.3, -0.25) is 4.79 Å². The minimum atomic E-state index is -0.0166. The quantitative estimate of drug-likeness (QED) is 0.422. The van der Waals surface area contributed by atoms with Crippen molar-refractivity contribution in [3.63, 3.8) is 0 Å². The van der Waals surface area contributed by atoms with Gasteiger partial charge in [-0.2, -0.15) is 0 Å². The molecule has 0 aromatic heterocycles. The van der Waals surface area contributed by atoms with Crippen molar-refractivity contribution in [3.8, 4) is 0 Å². The Morgan fingerprint density at radius 2 is 2.17 bits per heavy atom. The zero-order valence-electron chi connectivity index (χ0n) is 6.20. The Hall–Kier alpha value is 0.390. The van der Waals surface area contributed by atoms with Gasteiger partial charge in [0.2, 0.25) is 0 Å². The summed E-state index contributed by atoms with van der Waals surface area (Å²) in [6.07, 6.45) is 0. The van der Waals surface area contributed by atoms with Crippen LogP contribution in [0.1, 0.15) is 17.3 Å². The number of halogens is 3. The third kappa shape index (κ3) is 2.20. The van der Waals surface area contributed by atoms with E-state index in [9.17, 15) is 4.79 Å². The molecule has 4 heteroatoms. The number of Topliss-reactive ketones (excluding diaryl/α,β-unsaturated/α-hetero) is 1. The van der Waals surface area contributed by atoms with Crippen LogP contribution in [-0.4, -0.2) is 5.78 Å². The molecule has 0 aliphatic rings. The molecule has 0 radical (unpaired) electrons. The Morgan fingerprint density at radius 1 is 1.58 bits per heavy atom. The summed E-state index contributed by atoms with van der Waals surface area (Å²) < 4.78 is 1.90. The minimum Gasteiger partial charge on any atom is -0.294 e. The smallest absolute Gasteiger partial charge is 0.161 e. The lowest BCUT2D eigenvalue weighted by Gasteiger charge is -2.02. The van der Waals surface area contributed by atoms with Crippen molar-refractivity contribution in [1.29, 1.82) is 0 Å². The maximum Gasteiger partial charge on any atom is 0.161 e. The summed E-state index contributed by atoms with van der Waals surface area (Å²) >= 11 is 11.3. The summed E-state index contributed by atoms with van der Waals surface area (Å²) in [5, 5.41) is 0.509. The van der Waals surface area contributed by atoms with Gasteiger partial charge in [0, 0.05) is 13.6 Å². The van der Waals surface area contributed by atoms with Crippen LogP contribution in [0.25, 0.3) is 0 Å². The zero-order chi connectivity index (χ0) is 9.30. The molecular weight excluding hydrogens is 354 g/mol. The molecule has 0 N–H and O–H groups in total. The van der Waals surface area contributed by atoms with E-state index in [4.69, 9.17) is 11.6 Å². The van der Waals surface area contributed by atoms with Crippen molar-refractivity contribution in [1.82, 2.24) is 0 Å². The van der Waals surface area contributed by atoms with Crippen molar-refractivity contribution in [3.05, 3.63) is 30.8 Å². The molecule has 0 unspecified atom stereocenters. The molecule has 0 aliphatic heterocycles. The van der Waals surface area contributed by atoms with E-state index in [0.29, 0.717) is 10.6 Å². The van der Waals surface area contributed by atoms with Crippen LogP contribution in [0.3, 0.4) is 0 Å². The monoisotopic (exact) mass is 358 g/mol. The molecule has 12 heavy (non-hydrogen) atoms. The predicted octanol–water partition coefficient (Wildman–Crippen LogP) is 3.91. The first-order valence-electron chi connectivity index (χ1n) is 3.18. The normalized spacial score (nSPS) is 10.0. The minimum absolute atomic E-state index is 0.0166. The van der Waals surface area contributed by atoms with Gasteiger partial charge in [0.15, 0.2) is 5.78 Å². The van der Waals surface area contributed by atoms with E-state index in [-0.39, 0.29) is 5.78 Å². The Labute approximate surface area is 97.8 Å². The van der Waals surface area contributed by atoms with E-state index >= 15 is 0 Å². The Kier molecular flexibility index (Phi) is 3.55. The number of ketones is 1. The van der Waals surface area contributed by atoms with Gasteiger partial charge in [-0.15, -0.1) is 0 Å². The van der Waals surface area contributed by atoms with E-state index in [2.05, 4.69) is 38.5 Å². The van der Waals surface area contributed by atoms with Crippen LogP contribution < -0.4 is 0 Å². The Balaban J connectivity index is 3.33. The molecule has 1 nitrogen and oxygen atoms in total. The van der Waals surface area contributed by atoms with Gasteiger partial charge in [0.25, 0.3) is 0 Å². The summed E-state index contributed by atoms with van der Waals surface area (Å²) in [7, 11) is 0. The van der Waals surface area contributed by atoms with E-state index in [1.54, 1.807) is 12.1 Å². The predicted molar refractivity (Wildman–Crippen MR) is 61.9 cm³/mol. The number of hydrogen-bond donors (Lipinski definition) is 0. The first-order valence-corrected chi connectivity index (χ1v) is 5.43. The van der Waals surface area contributed by atoms with Gasteiger partial charge in [-0.05, 0) is 57.6 Å². The van der Waals surface area contributed by atoms with Crippen molar-refractivity contribution < 1.29 is 4.79 Å². The van der Waals surface area contributed by atoms with E-state index < -0.39 is 0 Å². The standard InChI is InChI=1S/C8H5BrClIO/c1-4(12)5-2-6(9)8(11)3-7(5)10/h2-3H,1H3. The highest BCUT2D eigenvalue weighted by Gasteiger charge is 2.08. The molecular formula is C8H5BrClIO. The number of rotatable bonds is 1. The number of carbonyl (C=O) groups excluding carboxylic acids is 1. The topological polar surface area (TPSA) is 17.1 Å². The molecule has 0 bridgehead atoms. The summed E-state index contributed by atoms with van der Waals surface area (Å²) in [5.74, 6) is -0.0166. The largest absolute Gasteiger partial charge is 0.294 e. The second kappa shape index (κ2) is 4.07. The van der Waals surface area contributed by atoms with Crippen molar-refractivity contribution in [2.24, 2.45) is 0 Å². The molecule has 0 saturated heterocycles. The second-order valence-electron chi connectivity index (χ2n) is 2.30. The van der Waals surface area contributed by atoms with Gasteiger partial charge < -0.3 is 0 Å². The average molecular weight is 359 g/mol. The van der Waals surface area contributed by atoms with Gasteiger partial charge >= 0.3 is 0 Å². The van der Waals surface area contributed by atoms with Crippen molar-refractivity contribution in [2.75, 3.05) is 0 Å². The maximum atomic E-state index is 11.0. The summed E-state index contributed by atoms with van der Waals surface area (Å²) in [4.78, 5) is 11.0. The van der Waals surface area contributed by atoms with Gasteiger partial charge in [-0.25, -0.2) is 0 Å².